The van der Waals surface area contributed by atoms with Crippen molar-refractivity contribution in [2.24, 2.45) is 13.0 Å². The highest BCUT2D eigenvalue weighted by molar-refractivity contribution is 5.77. The highest BCUT2D eigenvalue weighted by Gasteiger charge is 2.31. The maximum atomic E-state index is 12.8. The largest absolute Gasteiger partial charge is 0.481 e. The summed E-state index contributed by atoms with van der Waals surface area (Å²) < 4.78 is 40.2. The summed E-state index contributed by atoms with van der Waals surface area (Å²) in [7, 11) is 1.78. The van der Waals surface area contributed by atoms with Gasteiger partial charge in [-0.1, -0.05) is 0 Å². The van der Waals surface area contributed by atoms with E-state index in [1.165, 1.54) is 6.07 Å². The van der Waals surface area contributed by atoms with Crippen LogP contribution >= 0.6 is 0 Å². The van der Waals surface area contributed by atoms with E-state index in [0.717, 1.165) is 25.0 Å². The molecular formula is C17H20F3N3O2. The van der Waals surface area contributed by atoms with Crippen molar-refractivity contribution in [1.29, 1.82) is 0 Å². The average molecular weight is 355 g/mol. The second kappa shape index (κ2) is 6.67. The highest BCUT2D eigenvalue weighted by atomic mass is 19.4. The van der Waals surface area contributed by atoms with Crippen LogP contribution in [0.15, 0.2) is 18.2 Å². The molecule has 1 aliphatic carbocycles. The number of benzene rings is 1. The Hall–Kier alpha value is -2.09. The summed E-state index contributed by atoms with van der Waals surface area (Å²) in [5.41, 5.74) is 0.271. The van der Waals surface area contributed by atoms with Gasteiger partial charge >= 0.3 is 12.1 Å². The fourth-order valence-electron chi connectivity index (χ4n) is 3.36. The number of nitrogens with zero attached hydrogens (tertiary/aromatic N) is 2. The second-order valence-corrected chi connectivity index (χ2v) is 6.56. The third kappa shape index (κ3) is 3.78. The first-order valence-electron chi connectivity index (χ1n) is 8.24. The number of carboxylic acids is 1. The predicted molar refractivity (Wildman–Crippen MR) is 85.9 cm³/mol. The number of alkyl halides is 3. The van der Waals surface area contributed by atoms with E-state index in [0.29, 0.717) is 36.2 Å². The van der Waals surface area contributed by atoms with E-state index >= 15 is 0 Å². The molecule has 2 N–H and O–H groups in total. The number of nitrogens with one attached hydrogen (secondary N) is 1. The minimum absolute atomic E-state index is 0.209. The minimum atomic E-state index is -4.38. The number of carboxylic acid groups (broad SMARTS) is 1. The molecule has 5 nitrogen and oxygen atoms in total. The van der Waals surface area contributed by atoms with Crippen LogP contribution in [0.25, 0.3) is 11.0 Å². The standard InChI is InChI=1S/C17H20F3N3O2/c1-23-14-7-4-11(17(18,19)20)8-13(14)22-15(23)9-21-12-5-2-10(3-6-12)16(24)25/h4,7-8,10,12,21H,2-3,5-6,9H2,1H3,(H,24,25). The van der Waals surface area contributed by atoms with Gasteiger partial charge in [0, 0.05) is 13.1 Å². The summed E-state index contributed by atoms with van der Waals surface area (Å²) in [5.74, 6) is -0.349. The van der Waals surface area contributed by atoms with Gasteiger partial charge < -0.3 is 15.0 Å². The zero-order valence-corrected chi connectivity index (χ0v) is 13.8. The Kier molecular flexibility index (Phi) is 4.73. The maximum absolute atomic E-state index is 12.8. The smallest absolute Gasteiger partial charge is 0.416 e. The van der Waals surface area contributed by atoms with Crippen LogP contribution in [0.2, 0.25) is 0 Å². The van der Waals surface area contributed by atoms with Gasteiger partial charge in [-0.05, 0) is 43.9 Å². The first-order chi connectivity index (χ1) is 11.8. The van der Waals surface area contributed by atoms with Crippen molar-refractivity contribution in [3.63, 3.8) is 0 Å². The number of carbonyl (C=O) groups is 1. The number of imidazole rings is 1. The Balaban J connectivity index is 1.68. The third-order valence-electron chi connectivity index (χ3n) is 4.93. The third-order valence-corrected chi connectivity index (χ3v) is 4.93. The highest BCUT2D eigenvalue weighted by Crippen LogP contribution is 2.31. The number of rotatable bonds is 4. The Morgan fingerprint density at radius 1 is 1.32 bits per heavy atom. The molecule has 1 aromatic heterocycles. The molecule has 0 bridgehead atoms. The van der Waals surface area contributed by atoms with Crippen molar-refractivity contribution in [2.45, 2.75) is 44.4 Å². The van der Waals surface area contributed by atoms with Gasteiger partial charge in [0.2, 0.25) is 0 Å². The molecule has 0 saturated heterocycles. The van der Waals surface area contributed by atoms with Crippen LogP contribution in [-0.4, -0.2) is 26.7 Å². The Bertz CT molecular complexity index is 777. The van der Waals surface area contributed by atoms with Crippen LogP contribution in [0.3, 0.4) is 0 Å². The van der Waals surface area contributed by atoms with E-state index in [9.17, 15) is 18.0 Å². The Labute approximate surface area is 142 Å². The lowest BCUT2D eigenvalue weighted by Gasteiger charge is -2.26. The summed E-state index contributed by atoms with van der Waals surface area (Å²) in [6.45, 7) is 0.439. The molecule has 1 heterocycles. The lowest BCUT2D eigenvalue weighted by Crippen LogP contribution is -2.35. The SMILES string of the molecule is Cn1c(CNC2CCC(C(=O)O)CC2)nc2cc(C(F)(F)F)ccc21. The molecule has 0 spiro atoms. The quantitative estimate of drug-likeness (QED) is 0.883. The topological polar surface area (TPSA) is 67.2 Å². The van der Waals surface area contributed by atoms with Gasteiger partial charge in [0.05, 0.1) is 29.1 Å². The van der Waals surface area contributed by atoms with E-state index in [4.69, 9.17) is 5.11 Å². The number of hydrogen-bond donors (Lipinski definition) is 2. The average Bonchev–Trinajstić information content (AvgIpc) is 2.88. The normalized spacial score (nSPS) is 21.6. The van der Waals surface area contributed by atoms with Crippen LogP contribution in [0.1, 0.15) is 37.1 Å². The van der Waals surface area contributed by atoms with Crippen molar-refractivity contribution in [3.8, 4) is 0 Å². The molecule has 25 heavy (non-hydrogen) atoms. The second-order valence-electron chi connectivity index (χ2n) is 6.56. The monoisotopic (exact) mass is 355 g/mol. The van der Waals surface area contributed by atoms with Gasteiger partial charge in [0.25, 0.3) is 0 Å². The van der Waals surface area contributed by atoms with Crippen molar-refractivity contribution in [2.75, 3.05) is 0 Å². The molecule has 3 rings (SSSR count). The van der Waals surface area contributed by atoms with Crippen molar-refractivity contribution in [1.82, 2.24) is 14.9 Å². The summed E-state index contributed by atoms with van der Waals surface area (Å²) >= 11 is 0. The van der Waals surface area contributed by atoms with Crippen LogP contribution in [0.4, 0.5) is 13.2 Å². The molecule has 0 aliphatic heterocycles. The van der Waals surface area contributed by atoms with Crippen LogP contribution in [-0.2, 0) is 24.6 Å². The number of hydrogen-bond acceptors (Lipinski definition) is 3. The lowest BCUT2D eigenvalue weighted by atomic mass is 9.86. The molecule has 1 aliphatic rings. The fourth-order valence-corrected chi connectivity index (χ4v) is 3.36. The molecule has 1 fully saturated rings. The first-order valence-corrected chi connectivity index (χ1v) is 8.24. The van der Waals surface area contributed by atoms with E-state index in [-0.39, 0.29) is 12.0 Å². The van der Waals surface area contributed by atoms with E-state index in [1.54, 1.807) is 11.6 Å². The molecule has 136 valence electrons. The Morgan fingerprint density at radius 3 is 2.60 bits per heavy atom. The van der Waals surface area contributed by atoms with Gasteiger partial charge in [-0.3, -0.25) is 4.79 Å². The van der Waals surface area contributed by atoms with E-state index in [1.807, 2.05) is 0 Å². The molecule has 0 amide bonds. The van der Waals surface area contributed by atoms with Crippen LogP contribution < -0.4 is 5.32 Å². The summed E-state index contributed by atoms with van der Waals surface area (Å²) in [6.07, 6.45) is -1.54. The molecule has 0 atom stereocenters. The molecule has 1 aromatic carbocycles. The Morgan fingerprint density at radius 2 is 2.00 bits per heavy atom. The zero-order valence-electron chi connectivity index (χ0n) is 13.8. The predicted octanol–water partition coefficient (Wildman–Crippen LogP) is 3.33. The van der Waals surface area contributed by atoms with Gasteiger partial charge in [-0.2, -0.15) is 13.2 Å². The minimum Gasteiger partial charge on any atom is -0.481 e. The summed E-state index contributed by atoms with van der Waals surface area (Å²) in [5, 5.41) is 12.4. The van der Waals surface area contributed by atoms with E-state index < -0.39 is 17.7 Å². The number of aliphatic carboxylic acids is 1. The first kappa shape index (κ1) is 17.7. The fraction of sp³-hybridized carbons (Fsp3) is 0.529. The van der Waals surface area contributed by atoms with Crippen molar-refractivity contribution >= 4 is 17.0 Å². The van der Waals surface area contributed by atoms with Crippen LogP contribution in [0, 0.1) is 5.92 Å². The van der Waals surface area contributed by atoms with Crippen molar-refractivity contribution in [3.05, 3.63) is 29.6 Å². The number of aromatic nitrogens is 2. The maximum Gasteiger partial charge on any atom is 0.416 e. The zero-order chi connectivity index (χ0) is 18.2. The van der Waals surface area contributed by atoms with Gasteiger partial charge in [0.1, 0.15) is 5.82 Å². The molecule has 1 saturated carbocycles. The summed E-state index contributed by atoms with van der Waals surface area (Å²) in [6, 6.07) is 3.78. The summed E-state index contributed by atoms with van der Waals surface area (Å²) in [4.78, 5) is 15.3. The molecule has 0 unspecified atom stereocenters. The van der Waals surface area contributed by atoms with Crippen LogP contribution in [0.5, 0.6) is 0 Å². The number of halogens is 3. The van der Waals surface area contributed by atoms with Gasteiger partial charge in [-0.15, -0.1) is 0 Å². The number of aryl methyl sites for hydroxylation is 1. The van der Waals surface area contributed by atoms with E-state index in [2.05, 4.69) is 10.3 Å². The van der Waals surface area contributed by atoms with Gasteiger partial charge in [-0.25, -0.2) is 4.98 Å². The van der Waals surface area contributed by atoms with Gasteiger partial charge in [0.15, 0.2) is 0 Å². The molecule has 8 heteroatoms. The van der Waals surface area contributed by atoms with Crippen molar-refractivity contribution < 1.29 is 23.1 Å². The molecule has 2 aromatic rings. The lowest BCUT2D eigenvalue weighted by molar-refractivity contribution is -0.143. The molecular weight excluding hydrogens is 335 g/mol. The number of fused-ring (bicyclic) bond motifs is 1. The molecule has 0 radical (unpaired) electrons.